The van der Waals surface area contributed by atoms with Gasteiger partial charge in [-0.2, -0.15) is 0 Å². The minimum Gasteiger partial charge on any atom is -0.454 e. The van der Waals surface area contributed by atoms with Crippen LogP contribution in [0.1, 0.15) is 6.92 Å². The second-order valence-electron chi connectivity index (χ2n) is 4.21. The Kier molecular flexibility index (Phi) is 3.37. The van der Waals surface area contributed by atoms with Gasteiger partial charge in [-0.1, -0.05) is 0 Å². The third-order valence-corrected chi connectivity index (χ3v) is 3.00. The van der Waals surface area contributed by atoms with Gasteiger partial charge in [0.25, 0.3) is 0 Å². The second kappa shape index (κ2) is 5.32. The summed E-state index contributed by atoms with van der Waals surface area (Å²) in [7, 11) is 0. The van der Waals surface area contributed by atoms with Gasteiger partial charge >= 0.3 is 0 Å². The predicted octanol–water partition coefficient (Wildman–Crippen LogP) is 2.41. The minimum atomic E-state index is 0.284. The van der Waals surface area contributed by atoms with Crippen molar-refractivity contribution in [2.75, 3.05) is 31.9 Å². The van der Waals surface area contributed by atoms with E-state index in [0.717, 1.165) is 41.2 Å². The molecule has 5 nitrogen and oxygen atoms in total. The maximum absolute atomic E-state index is 5.40. The van der Waals surface area contributed by atoms with Gasteiger partial charge in [0.05, 0.1) is 6.61 Å². The first-order valence-corrected chi connectivity index (χ1v) is 6.38. The number of ether oxygens (including phenoxy) is 3. The fraction of sp³-hybridized carbons (Fsp3) is 0.357. The third kappa shape index (κ3) is 2.42. The Labute approximate surface area is 111 Å². The minimum absolute atomic E-state index is 0.284. The van der Waals surface area contributed by atoms with Gasteiger partial charge in [-0.25, -0.2) is 4.98 Å². The summed E-state index contributed by atoms with van der Waals surface area (Å²) in [5, 5.41) is 5.39. The molecule has 1 N–H and O–H groups in total. The highest BCUT2D eigenvalue weighted by molar-refractivity contribution is 5.94. The van der Waals surface area contributed by atoms with Crippen LogP contribution < -0.4 is 14.8 Å². The van der Waals surface area contributed by atoms with Crippen LogP contribution in [0.3, 0.4) is 0 Å². The molecule has 2 heterocycles. The Bertz CT molecular complexity index is 586. The highest BCUT2D eigenvalue weighted by atomic mass is 16.7. The molecule has 2 aromatic rings. The first-order chi connectivity index (χ1) is 9.38. The van der Waals surface area contributed by atoms with Gasteiger partial charge in [0, 0.05) is 24.7 Å². The van der Waals surface area contributed by atoms with E-state index in [9.17, 15) is 0 Å². The van der Waals surface area contributed by atoms with Crippen molar-refractivity contribution in [3.8, 4) is 11.5 Å². The van der Waals surface area contributed by atoms with Crippen molar-refractivity contribution >= 4 is 16.6 Å². The molecular formula is C14H16N2O3. The largest absolute Gasteiger partial charge is 0.454 e. The summed E-state index contributed by atoms with van der Waals surface area (Å²) in [6.45, 7) is 4.39. The number of pyridine rings is 1. The van der Waals surface area contributed by atoms with E-state index in [1.165, 1.54) is 0 Å². The first kappa shape index (κ1) is 12.0. The van der Waals surface area contributed by atoms with Crippen LogP contribution in [0, 0.1) is 0 Å². The zero-order valence-electron chi connectivity index (χ0n) is 10.8. The predicted molar refractivity (Wildman–Crippen MR) is 72.8 cm³/mol. The number of fused-ring (bicyclic) bond motifs is 2. The lowest BCUT2D eigenvalue weighted by molar-refractivity contribution is 0.158. The van der Waals surface area contributed by atoms with E-state index in [0.29, 0.717) is 6.61 Å². The monoisotopic (exact) mass is 260 g/mol. The highest BCUT2D eigenvalue weighted by Crippen LogP contribution is 2.37. The zero-order chi connectivity index (χ0) is 13.1. The van der Waals surface area contributed by atoms with Crippen molar-refractivity contribution in [1.82, 2.24) is 4.98 Å². The van der Waals surface area contributed by atoms with Crippen molar-refractivity contribution in [3.05, 3.63) is 24.4 Å². The van der Waals surface area contributed by atoms with E-state index in [1.807, 2.05) is 25.1 Å². The van der Waals surface area contributed by atoms with Crippen LogP contribution in [0.4, 0.5) is 5.82 Å². The van der Waals surface area contributed by atoms with Crippen molar-refractivity contribution in [2.45, 2.75) is 6.92 Å². The van der Waals surface area contributed by atoms with Crippen molar-refractivity contribution < 1.29 is 14.2 Å². The van der Waals surface area contributed by atoms with Gasteiger partial charge in [-0.3, -0.25) is 0 Å². The van der Waals surface area contributed by atoms with Crippen molar-refractivity contribution in [3.63, 3.8) is 0 Å². The van der Waals surface area contributed by atoms with E-state index in [1.54, 1.807) is 6.20 Å². The molecule has 0 radical (unpaired) electrons. The highest BCUT2D eigenvalue weighted by Gasteiger charge is 2.15. The molecule has 0 aliphatic carbocycles. The first-order valence-electron chi connectivity index (χ1n) is 6.38. The molecule has 5 heteroatoms. The lowest BCUT2D eigenvalue weighted by Gasteiger charge is -2.09. The average Bonchev–Trinajstić information content (AvgIpc) is 2.88. The fourth-order valence-corrected chi connectivity index (χ4v) is 2.09. The van der Waals surface area contributed by atoms with Crippen LogP contribution >= 0.6 is 0 Å². The van der Waals surface area contributed by atoms with Gasteiger partial charge in [0.15, 0.2) is 11.5 Å². The SMILES string of the molecule is CCOCCNc1nccc2cc3c(cc12)OCO3. The molecule has 0 unspecified atom stereocenters. The van der Waals surface area contributed by atoms with E-state index in [4.69, 9.17) is 14.2 Å². The molecule has 0 bridgehead atoms. The van der Waals surface area contributed by atoms with Crippen LogP contribution in [0.15, 0.2) is 24.4 Å². The van der Waals surface area contributed by atoms with Crippen LogP contribution in [-0.4, -0.2) is 31.5 Å². The molecule has 0 atom stereocenters. The molecule has 0 spiro atoms. The van der Waals surface area contributed by atoms with E-state index in [-0.39, 0.29) is 6.79 Å². The number of rotatable bonds is 5. The standard InChI is InChI=1S/C14H16N2O3/c1-2-17-6-5-16-14-11-8-13-12(18-9-19-13)7-10(11)3-4-15-14/h3-4,7-8H,2,5-6,9H2,1H3,(H,15,16). The molecule has 1 aliphatic heterocycles. The Balaban J connectivity index is 1.87. The molecule has 0 saturated heterocycles. The Morgan fingerprint density at radius 2 is 2.16 bits per heavy atom. The van der Waals surface area contributed by atoms with Crippen LogP contribution in [0.5, 0.6) is 11.5 Å². The summed E-state index contributed by atoms with van der Waals surface area (Å²) in [6.07, 6.45) is 1.79. The molecule has 0 fully saturated rings. The van der Waals surface area contributed by atoms with Crippen LogP contribution in [0.25, 0.3) is 10.8 Å². The molecule has 0 saturated carbocycles. The summed E-state index contributed by atoms with van der Waals surface area (Å²) in [5.74, 6) is 2.41. The average molecular weight is 260 g/mol. The number of anilines is 1. The summed E-state index contributed by atoms with van der Waals surface area (Å²) >= 11 is 0. The van der Waals surface area contributed by atoms with Gasteiger partial charge < -0.3 is 19.5 Å². The normalized spacial score (nSPS) is 12.9. The molecule has 100 valence electrons. The van der Waals surface area contributed by atoms with E-state index >= 15 is 0 Å². The lowest BCUT2D eigenvalue weighted by Crippen LogP contribution is -2.10. The Morgan fingerprint density at radius 1 is 1.32 bits per heavy atom. The zero-order valence-corrected chi connectivity index (χ0v) is 10.8. The number of hydrogen-bond acceptors (Lipinski definition) is 5. The topological polar surface area (TPSA) is 52.6 Å². The number of nitrogens with one attached hydrogen (secondary N) is 1. The van der Waals surface area contributed by atoms with Gasteiger partial charge in [-0.15, -0.1) is 0 Å². The molecular weight excluding hydrogens is 244 g/mol. The summed E-state index contributed by atoms with van der Waals surface area (Å²) in [6, 6.07) is 5.91. The lowest BCUT2D eigenvalue weighted by atomic mass is 10.1. The second-order valence-corrected chi connectivity index (χ2v) is 4.21. The third-order valence-electron chi connectivity index (χ3n) is 3.00. The molecule has 3 rings (SSSR count). The fourth-order valence-electron chi connectivity index (χ4n) is 2.09. The van der Waals surface area contributed by atoms with Crippen molar-refractivity contribution in [1.29, 1.82) is 0 Å². The Morgan fingerprint density at radius 3 is 3.00 bits per heavy atom. The molecule has 1 aromatic heterocycles. The smallest absolute Gasteiger partial charge is 0.231 e. The number of nitrogens with zero attached hydrogens (tertiary/aromatic N) is 1. The van der Waals surface area contributed by atoms with Crippen molar-refractivity contribution in [2.24, 2.45) is 0 Å². The maximum Gasteiger partial charge on any atom is 0.231 e. The van der Waals surface area contributed by atoms with Gasteiger partial charge in [0.2, 0.25) is 6.79 Å². The van der Waals surface area contributed by atoms with Crippen LogP contribution in [-0.2, 0) is 4.74 Å². The van der Waals surface area contributed by atoms with E-state index < -0.39 is 0 Å². The number of hydrogen-bond donors (Lipinski definition) is 1. The molecule has 1 aliphatic rings. The Hall–Kier alpha value is -2.01. The quantitative estimate of drug-likeness (QED) is 0.837. The molecule has 1 aromatic carbocycles. The molecule has 19 heavy (non-hydrogen) atoms. The van der Waals surface area contributed by atoms with Gasteiger partial charge in [-0.05, 0) is 30.5 Å². The molecule has 0 amide bonds. The maximum atomic E-state index is 5.40. The number of aromatic nitrogens is 1. The van der Waals surface area contributed by atoms with Crippen LogP contribution in [0.2, 0.25) is 0 Å². The summed E-state index contributed by atoms with van der Waals surface area (Å²) < 4.78 is 16.1. The van der Waals surface area contributed by atoms with E-state index in [2.05, 4.69) is 10.3 Å². The van der Waals surface area contributed by atoms with Gasteiger partial charge in [0.1, 0.15) is 5.82 Å². The summed E-state index contributed by atoms with van der Waals surface area (Å²) in [4.78, 5) is 4.37. The summed E-state index contributed by atoms with van der Waals surface area (Å²) in [5.41, 5.74) is 0. The number of benzene rings is 1.